The van der Waals surface area contributed by atoms with Gasteiger partial charge in [0.1, 0.15) is 5.25 Å². The second-order valence-electron chi connectivity index (χ2n) is 4.53. The molecule has 0 aromatic heterocycles. The highest BCUT2D eigenvalue weighted by atomic mass is 32.2. The number of sulfone groups is 1. The molecule has 0 heterocycles. The summed E-state index contributed by atoms with van der Waals surface area (Å²) in [4.78, 5) is 13.8. The number of carbonyl (C=O) groups excluding carboxylic acids is 1. The standard InChI is InChI=1S/C13H20N2O3S/c1-5-15(3)12-8-6-7-11(9-12)14-13(16)10(2)19(4,17)18/h6-10H,5H2,1-4H3,(H,14,16)/t10-/m0/s1. The van der Waals surface area contributed by atoms with Crippen molar-refractivity contribution in [2.45, 2.75) is 19.1 Å². The smallest absolute Gasteiger partial charge is 0.242 e. The van der Waals surface area contributed by atoms with E-state index in [1.165, 1.54) is 6.92 Å². The lowest BCUT2D eigenvalue weighted by Crippen LogP contribution is -2.31. The first-order chi connectivity index (χ1) is 8.75. The molecule has 6 heteroatoms. The van der Waals surface area contributed by atoms with Crippen molar-refractivity contribution in [3.8, 4) is 0 Å². The average molecular weight is 284 g/mol. The quantitative estimate of drug-likeness (QED) is 0.890. The molecule has 0 bridgehead atoms. The molecule has 1 amide bonds. The Balaban J connectivity index is 2.86. The molecule has 1 aromatic rings. The molecule has 1 rings (SSSR count). The summed E-state index contributed by atoms with van der Waals surface area (Å²) in [6.07, 6.45) is 1.05. The molecule has 0 aliphatic rings. The molecular formula is C13H20N2O3S. The Morgan fingerprint density at radius 2 is 2.05 bits per heavy atom. The molecule has 0 fully saturated rings. The summed E-state index contributed by atoms with van der Waals surface area (Å²) in [6, 6.07) is 7.30. The van der Waals surface area contributed by atoms with Crippen LogP contribution >= 0.6 is 0 Å². The van der Waals surface area contributed by atoms with Gasteiger partial charge in [-0.3, -0.25) is 4.79 Å². The second kappa shape index (κ2) is 6.06. The van der Waals surface area contributed by atoms with Crippen molar-refractivity contribution in [1.29, 1.82) is 0 Å². The second-order valence-corrected chi connectivity index (χ2v) is 6.89. The third-order valence-electron chi connectivity index (χ3n) is 3.04. The van der Waals surface area contributed by atoms with Gasteiger partial charge in [-0.1, -0.05) is 6.07 Å². The van der Waals surface area contributed by atoms with Crippen LogP contribution in [0.3, 0.4) is 0 Å². The maximum atomic E-state index is 11.8. The number of nitrogens with one attached hydrogen (secondary N) is 1. The maximum Gasteiger partial charge on any atom is 0.242 e. The van der Waals surface area contributed by atoms with E-state index in [1.54, 1.807) is 6.07 Å². The van der Waals surface area contributed by atoms with E-state index in [0.29, 0.717) is 5.69 Å². The maximum absolute atomic E-state index is 11.8. The van der Waals surface area contributed by atoms with Crippen LogP contribution in [-0.4, -0.2) is 39.4 Å². The number of rotatable bonds is 5. The van der Waals surface area contributed by atoms with Crippen LogP contribution in [0.25, 0.3) is 0 Å². The van der Waals surface area contributed by atoms with Crippen molar-refractivity contribution < 1.29 is 13.2 Å². The minimum absolute atomic E-state index is 0.515. The van der Waals surface area contributed by atoms with E-state index in [-0.39, 0.29) is 0 Å². The van der Waals surface area contributed by atoms with Crippen molar-refractivity contribution in [2.75, 3.05) is 30.1 Å². The number of amides is 1. The Kier molecular flexibility index (Phi) is 4.94. The van der Waals surface area contributed by atoms with Crippen molar-refractivity contribution in [2.24, 2.45) is 0 Å². The molecule has 106 valence electrons. The summed E-state index contributed by atoms with van der Waals surface area (Å²) in [7, 11) is -1.43. The molecule has 1 atom stereocenters. The van der Waals surface area contributed by atoms with Gasteiger partial charge in [0.25, 0.3) is 0 Å². The number of nitrogens with zero attached hydrogens (tertiary/aromatic N) is 1. The van der Waals surface area contributed by atoms with Gasteiger partial charge in [0, 0.05) is 31.2 Å². The fraction of sp³-hybridized carbons (Fsp3) is 0.462. The van der Waals surface area contributed by atoms with Crippen molar-refractivity contribution in [3.05, 3.63) is 24.3 Å². The topological polar surface area (TPSA) is 66.5 Å². The number of anilines is 2. The van der Waals surface area contributed by atoms with Gasteiger partial charge in [0.2, 0.25) is 5.91 Å². The molecule has 0 radical (unpaired) electrons. The van der Waals surface area contributed by atoms with Gasteiger partial charge in [0.15, 0.2) is 9.84 Å². The Morgan fingerprint density at radius 3 is 2.58 bits per heavy atom. The molecule has 0 spiro atoms. The summed E-state index contributed by atoms with van der Waals surface area (Å²) in [5.41, 5.74) is 1.56. The fourth-order valence-corrected chi connectivity index (χ4v) is 1.89. The Hall–Kier alpha value is -1.56. The summed E-state index contributed by atoms with van der Waals surface area (Å²) in [5, 5.41) is 1.57. The van der Waals surface area contributed by atoms with E-state index in [1.807, 2.05) is 37.1 Å². The third kappa shape index (κ3) is 4.24. The van der Waals surface area contributed by atoms with E-state index < -0.39 is 21.0 Å². The number of carbonyl (C=O) groups is 1. The predicted molar refractivity (Wildman–Crippen MR) is 78.3 cm³/mol. The monoisotopic (exact) mass is 284 g/mol. The van der Waals surface area contributed by atoms with Gasteiger partial charge in [-0.25, -0.2) is 8.42 Å². The molecule has 1 N–H and O–H groups in total. The molecule has 0 aliphatic heterocycles. The molecule has 0 unspecified atom stereocenters. The van der Waals surface area contributed by atoms with Gasteiger partial charge >= 0.3 is 0 Å². The minimum atomic E-state index is -3.38. The molecular weight excluding hydrogens is 264 g/mol. The largest absolute Gasteiger partial charge is 0.375 e. The Morgan fingerprint density at radius 1 is 1.42 bits per heavy atom. The fourth-order valence-electron chi connectivity index (χ4n) is 1.44. The highest BCUT2D eigenvalue weighted by molar-refractivity contribution is 7.92. The minimum Gasteiger partial charge on any atom is -0.375 e. The SMILES string of the molecule is CCN(C)c1cccc(NC(=O)[C@H](C)S(C)(=O)=O)c1. The zero-order chi connectivity index (χ0) is 14.6. The van der Waals surface area contributed by atoms with Gasteiger partial charge in [0.05, 0.1) is 0 Å². The lowest BCUT2D eigenvalue weighted by Gasteiger charge is -2.18. The molecule has 0 aliphatic carbocycles. The van der Waals surface area contributed by atoms with E-state index in [9.17, 15) is 13.2 Å². The van der Waals surface area contributed by atoms with Crippen LogP contribution in [0.1, 0.15) is 13.8 Å². The van der Waals surface area contributed by atoms with Crippen LogP contribution in [0.2, 0.25) is 0 Å². The number of hydrogen-bond donors (Lipinski definition) is 1. The first kappa shape index (κ1) is 15.5. The molecule has 0 saturated heterocycles. The highest BCUT2D eigenvalue weighted by Crippen LogP contribution is 2.18. The van der Waals surface area contributed by atoms with Crippen LogP contribution in [0.15, 0.2) is 24.3 Å². The van der Waals surface area contributed by atoms with Gasteiger partial charge in [-0.2, -0.15) is 0 Å². The van der Waals surface area contributed by atoms with Crippen LogP contribution in [-0.2, 0) is 14.6 Å². The number of benzene rings is 1. The van der Waals surface area contributed by atoms with Crippen LogP contribution in [0.5, 0.6) is 0 Å². The lowest BCUT2D eigenvalue weighted by atomic mass is 10.2. The van der Waals surface area contributed by atoms with E-state index in [2.05, 4.69) is 5.32 Å². The summed E-state index contributed by atoms with van der Waals surface area (Å²) in [5.74, 6) is -0.515. The van der Waals surface area contributed by atoms with Crippen molar-refractivity contribution >= 4 is 27.1 Å². The first-order valence-electron chi connectivity index (χ1n) is 6.06. The molecule has 1 aromatic carbocycles. The molecule has 5 nitrogen and oxygen atoms in total. The summed E-state index contributed by atoms with van der Waals surface area (Å²) in [6.45, 7) is 4.25. The van der Waals surface area contributed by atoms with Crippen LogP contribution in [0, 0.1) is 0 Å². The van der Waals surface area contributed by atoms with Gasteiger partial charge in [-0.05, 0) is 32.0 Å². The first-order valence-corrected chi connectivity index (χ1v) is 8.02. The highest BCUT2D eigenvalue weighted by Gasteiger charge is 2.23. The zero-order valence-corrected chi connectivity index (χ0v) is 12.5. The summed E-state index contributed by atoms with van der Waals surface area (Å²) >= 11 is 0. The molecule has 19 heavy (non-hydrogen) atoms. The van der Waals surface area contributed by atoms with Crippen molar-refractivity contribution in [1.82, 2.24) is 0 Å². The van der Waals surface area contributed by atoms with Gasteiger partial charge in [-0.15, -0.1) is 0 Å². The Labute approximate surface area is 114 Å². The normalized spacial score (nSPS) is 12.8. The average Bonchev–Trinajstić information content (AvgIpc) is 2.36. The van der Waals surface area contributed by atoms with E-state index in [4.69, 9.17) is 0 Å². The van der Waals surface area contributed by atoms with Crippen LogP contribution in [0.4, 0.5) is 11.4 Å². The van der Waals surface area contributed by atoms with Crippen molar-refractivity contribution in [3.63, 3.8) is 0 Å². The van der Waals surface area contributed by atoms with Gasteiger partial charge < -0.3 is 10.2 Å². The summed E-state index contributed by atoms with van der Waals surface area (Å²) < 4.78 is 22.6. The molecule has 0 saturated carbocycles. The van der Waals surface area contributed by atoms with Crippen LogP contribution < -0.4 is 10.2 Å². The van der Waals surface area contributed by atoms with E-state index in [0.717, 1.165) is 18.5 Å². The van der Waals surface area contributed by atoms with E-state index >= 15 is 0 Å². The lowest BCUT2D eigenvalue weighted by molar-refractivity contribution is -0.115. The zero-order valence-electron chi connectivity index (χ0n) is 11.7. The third-order valence-corrected chi connectivity index (χ3v) is 4.54. The number of hydrogen-bond acceptors (Lipinski definition) is 4. The predicted octanol–water partition coefficient (Wildman–Crippen LogP) is 1.51. The Bertz CT molecular complexity index is 555.